The van der Waals surface area contributed by atoms with E-state index in [1.807, 2.05) is 12.1 Å². The Morgan fingerprint density at radius 1 is 1.10 bits per heavy atom. The lowest BCUT2D eigenvalue weighted by atomic mass is 9.94. The molecular formula is C16H13ClO3. The van der Waals surface area contributed by atoms with Crippen LogP contribution in [0.5, 0.6) is 0 Å². The molecule has 0 aliphatic heterocycles. The number of carboxylic acids is 1. The van der Waals surface area contributed by atoms with Gasteiger partial charge >= 0.3 is 5.97 Å². The Labute approximate surface area is 121 Å². The number of halogens is 1. The van der Waals surface area contributed by atoms with Crippen molar-refractivity contribution in [3.05, 3.63) is 69.7 Å². The van der Waals surface area contributed by atoms with Crippen LogP contribution in [0, 0.1) is 0 Å². The maximum atomic E-state index is 11.5. The van der Waals surface area contributed by atoms with E-state index >= 15 is 0 Å². The third-order valence-corrected chi connectivity index (χ3v) is 3.30. The lowest BCUT2D eigenvalue weighted by molar-refractivity contribution is 0.0691. The van der Waals surface area contributed by atoms with Gasteiger partial charge in [-0.2, -0.15) is 0 Å². The highest BCUT2D eigenvalue weighted by molar-refractivity contribution is 6.30. The molecule has 0 aromatic heterocycles. The highest BCUT2D eigenvalue weighted by Gasteiger charge is 2.17. The van der Waals surface area contributed by atoms with Crippen molar-refractivity contribution in [1.29, 1.82) is 0 Å². The van der Waals surface area contributed by atoms with Crippen LogP contribution in [0.15, 0.2) is 42.5 Å². The maximum Gasteiger partial charge on any atom is 0.336 e. The topological polar surface area (TPSA) is 54.4 Å². The van der Waals surface area contributed by atoms with Crippen molar-refractivity contribution < 1.29 is 14.7 Å². The van der Waals surface area contributed by atoms with Gasteiger partial charge in [-0.3, -0.25) is 4.79 Å². The van der Waals surface area contributed by atoms with E-state index in [4.69, 9.17) is 11.6 Å². The van der Waals surface area contributed by atoms with Crippen LogP contribution in [0.4, 0.5) is 0 Å². The van der Waals surface area contributed by atoms with Gasteiger partial charge in [-0.15, -0.1) is 0 Å². The SMILES string of the molecule is CC(=O)c1cccc(Cc2ccc(Cl)cc2)c1C(=O)O. The molecule has 0 fully saturated rings. The van der Waals surface area contributed by atoms with Crippen LogP contribution >= 0.6 is 11.6 Å². The van der Waals surface area contributed by atoms with E-state index in [0.717, 1.165) is 5.56 Å². The Kier molecular flexibility index (Phi) is 4.20. The molecule has 2 aromatic carbocycles. The Morgan fingerprint density at radius 3 is 2.30 bits per heavy atom. The number of aromatic carboxylic acids is 1. The smallest absolute Gasteiger partial charge is 0.336 e. The Hall–Kier alpha value is -2.13. The molecule has 2 aromatic rings. The second-order valence-electron chi connectivity index (χ2n) is 4.50. The van der Waals surface area contributed by atoms with E-state index in [-0.39, 0.29) is 16.9 Å². The van der Waals surface area contributed by atoms with Crippen LogP contribution in [0.25, 0.3) is 0 Å². The summed E-state index contributed by atoms with van der Waals surface area (Å²) in [4.78, 5) is 23.0. The summed E-state index contributed by atoms with van der Waals surface area (Å²) in [7, 11) is 0. The number of carboxylic acid groups (broad SMARTS) is 1. The highest BCUT2D eigenvalue weighted by Crippen LogP contribution is 2.20. The van der Waals surface area contributed by atoms with E-state index in [2.05, 4.69) is 0 Å². The zero-order valence-corrected chi connectivity index (χ0v) is 11.6. The molecule has 0 spiro atoms. The van der Waals surface area contributed by atoms with Crippen LogP contribution in [0.1, 0.15) is 38.8 Å². The van der Waals surface area contributed by atoms with Crippen molar-refractivity contribution >= 4 is 23.4 Å². The van der Waals surface area contributed by atoms with Crippen molar-refractivity contribution in [3.8, 4) is 0 Å². The molecule has 3 nitrogen and oxygen atoms in total. The van der Waals surface area contributed by atoms with Crippen LogP contribution in [-0.4, -0.2) is 16.9 Å². The van der Waals surface area contributed by atoms with Gasteiger partial charge in [-0.1, -0.05) is 41.9 Å². The molecule has 2 rings (SSSR count). The minimum absolute atomic E-state index is 0.0787. The van der Waals surface area contributed by atoms with Crippen molar-refractivity contribution in [2.24, 2.45) is 0 Å². The minimum atomic E-state index is -1.08. The fourth-order valence-corrected chi connectivity index (χ4v) is 2.24. The standard InChI is InChI=1S/C16H13ClO3/c1-10(18)14-4-2-3-12(15(14)16(19)20)9-11-5-7-13(17)8-6-11/h2-8H,9H2,1H3,(H,19,20). The van der Waals surface area contributed by atoms with Gasteiger partial charge in [0.15, 0.2) is 5.78 Å². The lowest BCUT2D eigenvalue weighted by Crippen LogP contribution is -2.10. The highest BCUT2D eigenvalue weighted by atomic mass is 35.5. The molecule has 0 saturated carbocycles. The van der Waals surface area contributed by atoms with Crippen molar-refractivity contribution in [2.75, 3.05) is 0 Å². The van der Waals surface area contributed by atoms with E-state index < -0.39 is 5.97 Å². The summed E-state index contributed by atoms with van der Waals surface area (Å²) in [5.74, 6) is -1.33. The van der Waals surface area contributed by atoms with Gasteiger partial charge in [0, 0.05) is 10.6 Å². The minimum Gasteiger partial charge on any atom is -0.478 e. The summed E-state index contributed by atoms with van der Waals surface area (Å²) in [5, 5.41) is 9.97. The predicted molar refractivity (Wildman–Crippen MR) is 77.7 cm³/mol. The average Bonchev–Trinajstić information content (AvgIpc) is 2.40. The summed E-state index contributed by atoms with van der Waals surface area (Å²) >= 11 is 5.82. The molecular weight excluding hydrogens is 276 g/mol. The number of rotatable bonds is 4. The molecule has 0 atom stereocenters. The summed E-state index contributed by atoms with van der Waals surface area (Å²) in [5.41, 5.74) is 1.88. The van der Waals surface area contributed by atoms with Gasteiger partial charge in [-0.05, 0) is 36.6 Å². The normalized spacial score (nSPS) is 10.3. The number of ketones is 1. The second kappa shape index (κ2) is 5.88. The predicted octanol–water partition coefficient (Wildman–Crippen LogP) is 3.83. The summed E-state index contributed by atoms with van der Waals surface area (Å²) < 4.78 is 0. The number of benzene rings is 2. The van der Waals surface area contributed by atoms with Gasteiger partial charge in [0.05, 0.1) is 5.56 Å². The first kappa shape index (κ1) is 14.3. The first-order valence-corrected chi connectivity index (χ1v) is 6.47. The monoisotopic (exact) mass is 288 g/mol. The fraction of sp³-hybridized carbons (Fsp3) is 0.125. The molecule has 0 bridgehead atoms. The maximum absolute atomic E-state index is 11.5. The molecule has 0 unspecified atom stereocenters. The summed E-state index contributed by atoms with van der Waals surface area (Å²) in [6.07, 6.45) is 0.444. The number of hydrogen-bond donors (Lipinski definition) is 1. The zero-order chi connectivity index (χ0) is 14.7. The number of carbonyl (C=O) groups is 2. The van der Waals surface area contributed by atoms with Gasteiger partial charge in [-0.25, -0.2) is 4.79 Å². The van der Waals surface area contributed by atoms with E-state index in [0.29, 0.717) is 17.0 Å². The molecule has 0 aliphatic rings. The molecule has 0 aliphatic carbocycles. The molecule has 20 heavy (non-hydrogen) atoms. The van der Waals surface area contributed by atoms with Crippen LogP contribution in [0.3, 0.4) is 0 Å². The van der Waals surface area contributed by atoms with Gasteiger partial charge in [0.25, 0.3) is 0 Å². The summed E-state index contributed by atoms with van der Waals surface area (Å²) in [6, 6.07) is 12.2. The zero-order valence-electron chi connectivity index (χ0n) is 10.9. The largest absolute Gasteiger partial charge is 0.478 e. The van der Waals surface area contributed by atoms with E-state index in [9.17, 15) is 14.7 Å². The summed E-state index contributed by atoms with van der Waals surface area (Å²) in [6.45, 7) is 1.37. The molecule has 0 amide bonds. The van der Waals surface area contributed by atoms with Gasteiger partial charge in [0.2, 0.25) is 0 Å². The Bertz CT molecular complexity index is 660. The number of hydrogen-bond acceptors (Lipinski definition) is 2. The number of Topliss-reactive ketones (excluding diaryl/α,β-unsaturated/α-hetero) is 1. The molecule has 0 saturated heterocycles. The van der Waals surface area contributed by atoms with Crippen LogP contribution in [0.2, 0.25) is 5.02 Å². The van der Waals surface area contributed by atoms with E-state index in [1.165, 1.54) is 13.0 Å². The first-order valence-electron chi connectivity index (χ1n) is 6.09. The number of carbonyl (C=O) groups excluding carboxylic acids is 1. The average molecular weight is 289 g/mol. The van der Waals surface area contributed by atoms with E-state index in [1.54, 1.807) is 24.3 Å². The van der Waals surface area contributed by atoms with Crippen LogP contribution in [-0.2, 0) is 6.42 Å². The van der Waals surface area contributed by atoms with Crippen molar-refractivity contribution in [1.82, 2.24) is 0 Å². The lowest BCUT2D eigenvalue weighted by Gasteiger charge is -2.10. The fourth-order valence-electron chi connectivity index (χ4n) is 2.12. The first-order chi connectivity index (χ1) is 9.49. The Morgan fingerprint density at radius 2 is 1.75 bits per heavy atom. The van der Waals surface area contributed by atoms with Crippen molar-refractivity contribution in [2.45, 2.75) is 13.3 Å². The molecule has 0 heterocycles. The van der Waals surface area contributed by atoms with Gasteiger partial charge < -0.3 is 5.11 Å². The third kappa shape index (κ3) is 3.06. The molecule has 1 N–H and O–H groups in total. The molecule has 4 heteroatoms. The third-order valence-electron chi connectivity index (χ3n) is 3.05. The quantitative estimate of drug-likeness (QED) is 0.870. The Balaban J connectivity index is 2.46. The second-order valence-corrected chi connectivity index (χ2v) is 4.94. The van der Waals surface area contributed by atoms with Crippen LogP contribution < -0.4 is 0 Å². The molecule has 0 radical (unpaired) electrons. The van der Waals surface area contributed by atoms with Crippen molar-refractivity contribution in [3.63, 3.8) is 0 Å². The van der Waals surface area contributed by atoms with Gasteiger partial charge in [0.1, 0.15) is 0 Å². The molecule has 102 valence electrons.